The Balaban J connectivity index is 2.06. The van der Waals surface area contributed by atoms with E-state index in [1.54, 1.807) is 25.1 Å². The number of hydrogen-bond acceptors (Lipinski definition) is 6. The lowest BCUT2D eigenvalue weighted by Crippen LogP contribution is -2.31. The number of sulfonamides is 1. The molecule has 1 saturated carbocycles. The Morgan fingerprint density at radius 2 is 1.88 bits per heavy atom. The van der Waals surface area contributed by atoms with Crippen molar-refractivity contribution in [2.75, 3.05) is 36.5 Å². The highest BCUT2D eigenvalue weighted by Crippen LogP contribution is 2.46. The molecule has 1 fully saturated rings. The highest BCUT2D eigenvalue weighted by Gasteiger charge is 2.32. The first-order valence-corrected chi connectivity index (χ1v) is 13.3. The Morgan fingerprint density at radius 3 is 2.38 bits per heavy atom. The van der Waals surface area contributed by atoms with E-state index >= 15 is 0 Å². The fourth-order valence-electron chi connectivity index (χ4n) is 3.71. The van der Waals surface area contributed by atoms with Gasteiger partial charge in [-0.05, 0) is 73.6 Å². The summed E-state index contributed by atoms with van der Waals surface area (Å²) in [5.41, 5.74) is 9.34. The first-order valence-electron chi connectivity index (χ1n) is 11.5. The van der Waals surface area contributed by atoms with Crippen LogP contribution in [0.3, 0.4) is 0 Å². The normalized spacial score (nSPS) is 14.2. The van der Waals surface area contributed by atoms with Crippen LogP contribution in [0.25, 0.3) is 0 Å². The van der Waals surface area contributed by atoms with Crippen molar-refractivity contribution in [2.24, 2.45) is 10.9 Å². The molecule has 0 bridgehead atoms. The number of ether oxygens (including phenoxy) is 1. The molecule has 3 rings (SSSR count). The second-order valence-electron chi connectivity index (χ2n) is 8.94. The zero-order chi connectivity index (χ0) is 25.0. The highest BCUT2D eigenvalue weighted by atomic mass is 32.2. The monoisotopic (exact) mass is 486 g/mol. The molecule has 9 heteroatoms. The zero-order valence-corrected chi connectivity index (χ0v) is 21.3. The van der Waals surface area contributed by atoms with E-state index in [1.807, 2.05) is 18.2 Å². The van der Waals surface area contributed by atoms with Gasteiger partial charge in [-0.25, -0.2) is 13.4 Å². The van der Waals surface area contributed by atoms with Gasteiger partial charge in [0.1, 0.15) is 11.5 Å². The maximum atomic E-state index is 12.8. The molecule has 1 aliphatic rings. The molecular weight excluding hydrogens is 452 g/mol. The molecule has 1 amide bonds. The molecular formula is C25H34N4O4S. The van der Waals surface area contributed by atoms with E-state index in [2.05, 4.69) is 24.2 Å². The first kappa shape index (κ1) is 25.6. The van der Waals surface area contributed by atoms with Crippen LogP contribution in [-0.4, -0.2) is 46.5 Å². The number of nitrogens with one attached hydrogen (secondary N) is 1. The number of carbonyl (C=O) groups excluding carboxylic acids is 1. The molecule has 0 aromatic heterocycles. The number of hydrogen-bond donors (Lipinski definition) is 2. The predicted octanol–water partition coefficient (Wildman–Crippen LogP) is 3.83. The average Bonchev–Trinajstić information content (AvgIpc) is 3.61. The fourth-order valence-corrected chi connectivity index (χ4v) is 4.69. The standard InChI is InChI=1S/C25H34N4O4S/c1-6-29(34(5,31)32)23-14-22(26)21(13-20(23)17-7-8-17)24(25(30)27-4)28-18-9-11-19(12-10-18)33-15-16(2)3/h9-14,16-17H,6-8,15,26H2,1-5H3,(H,27,30). The second kappa shape index (κ2) is 10.5. The molecule has 0 atom stereocenters. The molecule has 2 aromatic carbocycles. The fraction of sp³-hybridized carbons (Fsp3) is 0.440. The number of aliphatic imine (C=N–C) groups is 1. The van der Waals surface area contributed by atoms with Gasteiger partial charge < -0.3 is 15.8 Å². The molecule has 2 aromatic rings. The van der Waals surface area contributed by atoms with E-state index in [1.165, 1.54) is 17.6 Å². The van der Waals surface area contributed by atoms with Gasteiger partial charge in [-0.1, -0.05) is 13.8 Å². The Morgan fingerprint density at radius 1 is 1.24 bits per heavy atom. The molecule has 0 aliphatic heterocycles. The Bertz CT molecular complexity index is 1170. The molecule has 34 heavy (non-hydrogen) atoms. The third-order valence-corrected chi connectivity index (χ3v) is 6.79. The lowest BCUT2D eigenvalue weighted by Gasteiger charge is -2.25. The van der Waals surface area contributed by atoms with Gasteiger partial charge in [0.2, 0.25) is 10.0 Å². The molecule has 0 saturated heterocycles. The maximum Gasteiger partial charge on any atom is 0.270 e. The van der Waals surface area contributed by atoms with Gasteiger partial charge in [-0.2, -0.15) is 0 Å². The summed E-state index contributed by atoms with van der Waals surface area (Å²) in [7, 11) is -1.94. The first-order chi connectivity index (χ1) is 16.0. The number of anilines is 2. The Labute approximate surface area is 202 Å². The topological polar surface area (TPSA) is 114 Å². The Kier molecular flexibility index (Phi) is 7.86. The summed E-state index contributed by atoms with van der Waals surface area (Å²) < 4.78 is 31.8. The third-order valence-electron chi connectivity index (χ3n) is 5.53. The van der Waals surface area contributed by atoms with Gasteiger partial charge in [0, 0.05) is 24.8 Å². The number of likely N-dealkylation sites (N-methyl/N-ethyl adjacent to an activating group) is 1. The predicted molar refractivity (Wildman–Crippen MR) is 138 cm³/mol. The number of nitrogen functional groups attached to an aromatic ring is 1. The minimum atomic E-state index is -3.47. The molecule has 0 unspecified atom stereocenters. The lowest BCUT2D eigenvalue weighted by molar-refractivity contribution is -0.114. The van der Waals surface area contributed by atoms with E-state index in [0.29, 0.717) is 41.7 Å². The van der Waals surface area contributed by atoms with Crippen molar-refractivity contribution in [2.45, 2.75) is 39.5 Å². The summed E-state index contributed by atoms with van der Waals surface area (Å²) in [6.07, 6.45) is 3.10. The molecule has 0 heterocycles. The van der Waals surface area contributed by atoms with Crippen LogP contribution >= 0.6 is 0 Å². The van der Waals surface area contributed by atoms with E-state index in [9.17, 15) is 13.2 Å². The smallest absolute Gasteiger partial charge is 0.270 e. The van der Waals surface area contributed by atoms with Gasteiger partial charge in [0.25, 0.3) is 5.91 Å². The summed E-state index contributed by atoms with van der Waals surface area (Å²) in [5, 5.41) is 2.64. The van der Waals surface area contributed by atoms with Crippen LogP contribution in [-0.2, 0) is 14.8 Å². The molecule has 3 N–H and O–H groups in total. The van der Waals surface area contributed by atoms with Crippen LogP contribution < -0.4 is 20.1 Å². The van der Waals surface area contributed by atoms with E-state index < -0.39 is 10.0 Å². The third kappa shape index (κ3) is 6.08. The molecule has 184 valence electrons. The largest absolute Gasteiger partial charge is 0.493 e. The van der Waals surface area contributed by atoms with Crippen molar-refractivity contribution in [1.29, 1.82) is 0 Å². The van der Waals surface area contributed by atoms with Crippen LogP contribution in [0.5, 0.6) is 5.75 Å². The number of amides is 1. The van der Waals surface area contributed by atoms with Gasteiger partial charge in [0.15, 0.2) is 0 Å². The number of nitrogens with two attached hydrogens (primary N) is 1. The van der Waals surface area contributed by atoms with Crippen molar-refractivity contribution in [3.05, 3.63) is 47.5 Å². The summed E-state index contributed by atoms with van der Waals surface area (Å²) in [5.74, 6) is 0.996. The molecule has 8 nitrogen and oxygen atoms in total. The van der Waals surface area contributed by atoms with Crippen molar-refractivity contribution < 1.29 is 17.9 Å². The highest BCUT2D eigenvalue weighted by molar-refractivity contribution is 7.92. The average molecular weight is 487 g/mol. The zero-order valence-electron chi connectivity index (χ0n) is 20.5. The van der Waals surface area contributed by atoms with Crippen molar-refractivity contribution in [3.63, 3.8) is 0 Å². The van der Waals surface area contributed by atoms with Gasteiger partial charge in [0.05, 0.1) is 24.2 Å². The van der Waals surface area contributed by atoms with Crippen molar-refractivity contribution in [3.8, 4) is 5.75 Å². The number of carbonyl (C=O) groups is 1. The van der Waals surface area contributed by atoms with Crippen molar-refractivity contribution in [1.82, 2.24) is 5.32 Å². The number of rotatable bonds is 10. The van der Waals surface area contributed by atoms with Crippen LogP contribution in [0.15, 0.2) is 41.4 Å². The molecule has 1 aliphatic carbocycles. The molecule has 0 radical (unpaired) electrons. The summed E-state index contributed by atoms with van der Waals surface area (Å²) in [6, 6.07) is 10.7. The SMILES string of the molecule is CCN(c1cc(N)c(C(=Nc2ccc(OCC(C)C)cc2)C(=O)NC)cc1C1CC1)S(C)(=O)=O. The minimum Gasteiger partial charge on any atom is -0.493 e. The van der Waals surface area contributed by atoms with E-state index in [0.717, 1.165) is 24.2 Å². The van der Waals surface area contributed by atoms with Crippen LogP contribution in [0.2, 0.25) is 0 Å². The van der Waals surface area contributed by atoms with Crippen LogP contribution in [0.1, 0.15) is 50.7 Å². The second-order valence-corrected chi connectivity index (χ2v) is 10.8. The maximum absolute atomic E-state index is 12.8. The summed E-state index contributed by atoms with van der Waals surface area (Å²) in [6.45, 7) is 6.85. The Hall–Kier alpha value is -3.07. The van der Waals surface area contributed by atoms with E-state index in [4.69, 9.17) is 10.5 Å². The van der Waals surface area contributed by atoms with Crippen LogP contribution in [0.4, 0.5) is 17.1 Å². The molecule has 0 spiro atoms. The van der Waals surface area contributed by atoms with E-state index in [-0.39, 0.29) is 17.5 Å². The quantitative estimate of drug-likeness (QED) is 0.391. The minimum absolute atomic E-state index is 0.173. The summed E-state index contributed by atoms with van der Waals surface area (Å²) >= 11 is 0. The van der Waals surface area contributed by atoms with Gasteiger partial charge in [-0.3, -0.25) is 9.10 Å². The number of nitrogens with zero attached hydrogens (tertiary/aromatic N) is 2. The van der Waals surface area contributed by atoms with Gasteiger partial charge >= 0.3 is 0 Å². The van der Waals surface area contributed by atoms with Crippen LogP contribution in [0, 0.1) is 5.92 Å². The van der Waals surface area contributed by atoms with Gasteiger partial charge in [-0.15, -0.1) is 0 Å². The van der Waals surface area contributed by atoms with Crippen molar-refractivity contribution >= 4 is 38.7 Å². The summed E-state index contributed by atoms with van der Waals surface area (Å²) in [4.78, 5) is 17.4. The lowest BCUT2D eigenvalue weighted by atomic mass is 9.98. The number of benzene rings is 2.